The van der Waals surface area contributed by atoms with Crippen molar-refractivity contribution < 1.29 is 28.7 Å². The molecule has 1 fully saturated rings. The van der Waals surface area contributed by atoms with Crippen LogP contribution in [-0.2, 0) is 16.1 Å². The molecule has 5 aromatic rings. The Morgan fingerprint density at radius 2 is 0.843 bits per heavy atom. The average molecular weight is 683 g/mol. The molecule has 5 aromatic carbocycles. The number of carbonyl (C=O) groups excluding carboxylic acids is 4. The monoisotopic (exact) mass is 682 g/mol. The van der Waals surface area contributed by atoms with Crippen LogP contribution >= 0.6 is 0 Å². The fraction of sp³-hybridized carbons (Fsp3) is 0.171. The summed E-state index contributed by atoms with van der Waals surface area (Å²) in [6.07, 6.45) is -2.04. The van der Waals surface area contributed by atoms with E-state index >= 15 is 0 Å². The van der Waals surface area contributed by atoms with Crippen LogP contribution in [0.4, 0.5) is 0 Å². The van der Waals surface area contributed by atoms with Crippen LogP contribution in [0.15, 0.2) is 152 Å². The van der Waals surface area contributed by atoms with Crippen LogP contribution in [0.5, 0.6) is 0 Å². The predicted molar refractivity (Wildman–Crippen MR) is 192 cm³/mol. The maximum atomic E-state index is 13.9. The lowest BCUT2D eigenvalue weighted by molar-refractivity contribution is -0.222. The standard InChI is InChI=1S/C41H38N4O6/c46-37(29-18-8-2-9-19-29)42-26-33-34(43-38(47)30-20-10-3-11-21-30)35(44-39(48)31-22-12-4-13-23-31)36(45-40(49)32-24-14-5-15-25-32)41(51-33)50-27-28-16-6-1-7-17-28/h1-25,33-36,41H,26-27H2,(H,42,46)(H,43,47)(H,44,48)(H,45,49)/t33-,34-,35-,36+,41+/m1/s1. The van der Waals surface area contributed by atoms with Gasteiger partial charge >= 0.3 is 0 Å². The first-order valence-corrected chi connectivity index (χ1v) is 16.7. The molecule has 1 aliphatic rings. The van der Waals surface area contributed by atoms with Gasteiger partial charge in [-0.3, -0.25) is 19.2 Å². The van der Waals surface area contributed by atoms with Crippen molar-refractivity contribution in [3.8, 4) is 0 Å². The molecule has 1 aliphatic heterocycles. The summed E-state index contributed by atoms with van der Waals surface area (Å²) in [6.45, 7) is 0.0580. The van der Waals surface area contributed by atoms with Crippen molar-refractivity contribution in [2.45, 2.75) is 37.1 Å². The van der Waals surface area contributed by atoms with Gasteiger partial charge in [-0.05, 0) is 54.1 Å². The van der Waals surface area contributed by atoms with E-state index in [0.29, 0.717) is 22.3 Å². The number of nitrogens with one attached hydrogen (secondary N) is 4. The normalized spacial score (nSPS) is 19.6. The van der Waals surface area contributed by atoms with Crippen LogP contribution in [0, 0.1) is 0 Å². The molecule has 0 spiro atoms. The molecule has 10 nitrogen and oxygen atoms in total. The summed E-state index contributed by atoms with van der Waals surface area (Å²) in [4.78, 5) is 54.6. The van der Waals surface area contributed by atoms with E-state index in [9.17, 15) is 19.2 Å². The van der Waals surface area contributed by atoms with Gasteiger partial charge in [0, 0.05) is 28.8 Å². The molecule has 4 amide bonds. The Morgan fingerprint density at radius 3 is 1.29 bits per heavy atom. The fourth-order valence-electron chi connectivity index (χ4n) is 5.91. The average Bonchev–Trinajstić information content (AvgIpc) is 3.19. The summed E-state index contributed by atoms with van der Waals surface area (Å²) in [5.74, 6) is -1.65. The molecule has 0 saturated carbocycles. The van der Waals surface area contributed by atoms with Gasteiger partial charge in [0.25, 0.3) is 23.6 Å². The SMILES string of the molecule is O=C(NC[C@H]1O[C@H](OCc2ccccc2)[C@@H](NC(=O)c2ccccc2)[C@H](NC(=O)c2ccccc2)[C@@H]1NC(=O)c1ccccc1)c1ccccc1. The zero-order valence-electron chi connectivity index (χ0n) is 27.7. The third kappa shape index (κ3) is 9.13. The van der Waals surface area contributed by atoms with Crippen molar-refractivity contribution in [3.63, 3.8) is 0 Å². The molecule has 6 rings (SSSR count). The van der Waals surface area contributed by atoms with E-state index in [1.54, 1.807) is 115 Å². The van der Waals surface area contributed by atoms with Crippen molar-refractivity contribution in [1.82, 2.24) is 21.3 Å². The van der Waals surface area contributed by atoms with Crippen molar-refractivity contribution in [1.29, 1.82) is 0 Å². The highest BCUT2D eigenvalue weighted by Gasteiger charge is 2.49. The Kier molecular flexibility index (Phi) is 11.6. The molecular formula is C41H38N4O6. The van der Waals surface area contributed by atoms with Crippen molar-refractivity contribution in [2.75, 3.05) is 6.54 Å². The van der Waals surface area contributed by atoms with Gasteiger partial charge in [-0.2, -0.15) is 0 Å². The van der Waals surface area contributed by atoms with Crippen molar-refractivity contribution in [3.05, 3.63) is 179 Å². The third-order valence-corrected chi connectivity index (χ3v) is 8.53. The lowest BCUT2D eigenvalue weighted by Crippen LogP contribution is -2.73. The highest BCUT2D eigenvalue weighted by Crippen LogP contribution is 2.25. The van der Waals surface area contributed by atoms with Gasteiger partial charge in [0.15, 0.2) is 6.29 Å². The summed E-state index contributed by atoms with van der Waals surface area (Å²) in [5, 5.41) is 12.1. The first-order chi connectivity index (χ1) is 25.0. The summed E-state index contributed by atoms with van der Waals surface area (Å²) in [7, 11) is 0. The van der Waals surface area contributed by atoms with Gasteiger partial charge in [0.2, 0.25) is 0 Å². The van der Waals surface area contributed by atoms with E-state index in [4.69, 9.17) is 9.47 Å². The topological polar surface area (TPSA) is 135 Å². The molecule has 1 heterocycles. The Balaban J connectivity index is 1.39. The molecule has 1 saturated heterocycles. The maximum absolute atomic E-state index is 13.9. The Hall–Kier alpha value is -6.10. The predicted octanol–water partition coefficient (Wildman–Crippen LogP) is 4.75. The van der Waals surface area contributed by atoms with Gasteiger partial charge in [0.05, 0.1) is 18.7 Å². The second-order valence-electron chi connectivity index (χ2n) is 12.0. The summed E-state index contributed by atoms with van der Waals surface area (Å²) < 4.78 is 13.0. The van der Waals surface area contributed by atoms with E-state index in [-0.39, 0.29) is 19.1 Å². The van der Waals surface area contributed by atoms with Crippen LogP contribution in [0.3, 0.4) is 0 Å². The van der Waals surface area contributed by atoms with E-state index in [0.717, 1.165) is 5.56 Å². The molecular weight excluding hydrogens is 644 g/mol. The number of ether oxygens (including phenoxy) is 2. The molecule has 5 atom stereocenters. The minimum absolute atomic E-state index is 0.0598. The van der Waals surface area contributed by atoms with Crippen LogP contribution in [-0.4, -0.2) is 60.7 Å². The first kappa shape index (κ1) is 34.8. The van der Waals surface area contributed by atoms with E-state index < -0.39 is 48.2 Å². The van der Waals surface area contributed by atoms with E-state index in [1.807, 2.05) is 36.4 Å². The van der Waals surface area contributed by atoms with Crippen LogP contribution in [0.25, 0.3) is 0 Å². The Labute approximate surface area is 296 Å². The molecule has 10 heteroatoms. The van der Waals surface area contributed by atoms with Crippen molar-refractivity contribution >= 4 is 23.6 Å². The highest BCUT2D eigenvalue weighted by molar-refractivity contribution is 5.97. The van der Waals surface area contributed by atoms with Crippen LogP contribution < -0.4 is 21.3 Å². The molecule has 51 heavy (non-hydrogen) atoms. The second-order valence-corrected chi connectivity index (χ2v) is 12.0. The molecule has 0 bridgehead atoms. The lowest BCUT2D eigenvalue weighted by atomic mass is 9.89. The number of amides is 4. The smallest absolute Gasteiger partial charge is 0.251 e. The highest BCUT2D eigenvalue weighted by atomic mass is 16.7. The molecule has 0 aromatic heterocycles. The second kappa shape index (κ2) is 17.0. The minimum atomic E-state index is -1.12. The quantitative estimate of drug-likeness (QED) is 0.150. The summed E-state index contributed by atoms with van der Waals surface area (Å²) in [5.41, 5.74) is 2.44. The minimum Gasteiger partial charge on any atom is -0.349 e. The molecule has 0 unspecified atom stereocenters. The fourth-order valence-corrected chi connectivity index (χ4v) is 5.91. The number of carbonyl (C=O) groups is 4. The molecule has 258 valence electrons. The van der Waals surface area contributed by atoms with Crippen LogP contribution in [0.2, 0.25) is 0 Å². The largest absolute Gasteiger partial charge is 0.349 e. The Bertz CT molecular complexity index is 1900. The zero-order chi connectivity index (χ0) is 35.4. The maximum Gasteiger partial charge on any atom is 0.251 e. The molecule has 0 aliphatic carbocycles. The van der Waals surface area contributed by atoms with E-state index in [1.165, 1.54) is 0 Å². The summed E-state index contributed by atoms with van der Waals surface area (Å²) in [6, 6.07) is 41.1. The van der Waals surface area contributed by atoms with Gasteiger partial charge in [-0.25, -0.2) is 0 Å². The first-order valence-electron chi connectivity index (χ1n) is 16.7. The number of rotatable bonds is 12. The zero-order valence-corrected chi connectivity index (χ0v) is 27.7. The van der Waals surface area contributed by atoms with Gasteiger partial charge in [0.1, 0.15) is 12.1 Å². The van der Waals surface area contributed by atoms with Crippen LogP contribution in [0.1, 0.15) is 47.0 Å². The Morgan fingerprint density at radius 1 is 0.471 bits per heavy atom. The lowest BCUT2D eigenvalue weighted by Gasteiger charge is -2.47. The van der Waals surface area contributed by atoms with E-state index in [2.05, 4.69) is 21.3 Å². The van der Waals surface area contributed by atoms with Gasteiger partial charge < -0.3 is 30.7 Å². The molecule has 4 N–H and O–H groups in total. The van der Waals surface area contributed by atoms with Crippen molar-refractivity contribution in [2.24, 2.45) is 0 Å². The summed E-state index contributed by atoms with van der Waals surface area (Å²) >= 11 is 0. The van der Waals surface area contributed by atoms with Gasteiger partial charge in [-0.1, -0.05) is 103 Å². The number of hydrogen-bond acceptors (Lipinski definition) is 6. The van der Waals surface area contributed by atoms with Gasteiger partial charge in [-0.15, -0.1) is 0 Å². The number of benzene rings is 5. The third-order valence-electron chi connectivity index (χ3n) is 8.53. The molecule has 0 radical (unpaired) electrons. The number of hydrogen-bond donors (Lipinski definition) is 4.